The largest absolute Gasteiger partial charge is 0.457 e. The summed E-state index contributed by atoms with van der Waals surface area (Å²) in [6.07, 6.45) is 0. The second kappa shape index (κ2) is 6.44. The van der Waals surface area contributed by atoms with Crippen LogP contribution in [0.2, 0.25) is 0 Å². The van der Waals surface area contributed by atoms with E-state index in [0.29, 0.717) is 0 Å². The van der Waals surface area contributed by atoms with E-state index < -0.39 is 11.9 Å². The third-order valence-electron chi connectivity index (χ3n) is 1.92. The van der Waals surface area contributed by atoms with E-state index in [1.54, 1.807) is 12.1 Å². The summed E-state index contributed by atoms with van der Waals surface area (Å²) in [6, 6.07) is 9.09. The van der Waals surface area contributed by atoms with Gasteiger partial charge in [-0.2, -0.15) is 0 Å². The van der Waals surface area contributed by atoms with Crippen molar-refractivity contribution in [2.75, 3.05) is 6.73 Å². The molecule has 1 rings (SSSR count). The van der Waals surface area contributed by atoms with E-state index in [9.17, 15) is 9.59 Å². The fourth-order valence-electron chi connectivity index (χ4n) is 1.06. The summed E-state index contributed by atoms with van der Waals surface area (Å²) < 4.78 is 9.29. The Hall–Kier alpha value is -2.14. The average Bonchev–Trinajstić information content (AvgIpc) is 2.36. The highest BCUT2D eigenvalue weighted by Gasteiger charge is 2.18. The van der Waals surface area contributed by atoms with Gasteiger partial charge in [0.1, 0.15) is 18.9 Å². The van der Waals surface area contributed by atoms with E-state index in [0.717, 1.165) is 5.56 Å². The minimum Gasteiger partial charge on any atom is -0.457 e. The molecule has 5 nitrogen and oxygen atoms in total. The van der Waals surface area contributed by atoms with Crippen LogP contribution < -0.4 is 5.73 Å². The SMILES string of the molecule is C=C(C(=O)OCN)C(=O)OCc1ccccc1. The molecule has 1 aromatic rings. The van der Waals surface area contributed by atoms with Crippen LogP contribution in [0.3, 0.4) is 0 Å². The molecule has 5 heteroatoms. The van der Waals surface area contributed by atoms with Crippen molar-refractivity contribution >= 4 is 11.9 Å². The molecule has 0 spiro atoms. The van der Waals surface area contributed by atoms with Crippen LogP contribution in [0.15, 0.2) is 42.5 Å². The van der Waals surface area contributed by atoms with Crippen molar-refractivity contribution in [2.45, 2.75) is 6.61 Å². The Morgan fingerprint density at radius 1 is 1.12 bits per heavy atom. The first-order chi connectivity index (χ1) is 8.15. The van der Waals surface area contributed by atoms with Gasteiger partial charge in [0.05, 0.1) is 0 Å². The van der Waals surface area contributed by atoms with E-state index in [1.807, 2.05) is 18.2 Å². The minimum atomic E-state index is -0.870. The molecular weight excluding hydrogens is 222 g/mol. The van der Waals surface area contributed by atoms with E-state index in [1.165, 1.54) is 0 Å². The molecule has 1 aromatic carbocycles. The first-order valence-electron chi connectivity index (χ1n) is 4.92. The van der Waals surface area contributed by atoms with Crippen molar-refractivity contribution in [1.82, 2.24) is 0 Å². The lowest BCUT2D eigenvalue weighted by atomic mass is 10.2. The fourth-order valence-corrected chi connectivity index (χ4v) is 1.06. The van der Waals surface area contributed by atoms with Crippen LogP contribution >= 0.6 is 0 Å². The van der Waals surface area contributed by atoms with E-state index >= 15 is 0 Å². The Labute approximate surface area is 98.8 Å². The van der Waals surface area contributed by atoms with E-state index in [-0.39, 0.29) is 18.9 Å². The Morgan fingerprint density at radius 2 is 1.71 bits per heavy atom. The first-order valence-corrected chi connectivity index (χ1v) is 4.92. The summed E-state index contributed by atoms with van der Waals surface area (Å²) in [4.78, 5) is 22.5. The quantitative estimate of drug-likeness (QED) is 0.268. The molecule has 0 aliphatic carbocycles. The highest BCUT2D eigenvalue weighted by Crippen LogP contribution is 2.04. The first kappa shape index (κ1) is 12.9. The van der Waals surface area contributed by atoms with Gasteiger partial charge in [0, 0.05) is 0 Å². The number of rotatable bonds is 5. The maximum Gasteiger partial charge on any atom is 0.346 e. The summed E-state index contributed by atoms with van der Waals surface area (Å²) in [6.45, 7) is 3.06. The molecule has 0 unspecified atom stereocenters. The maximum absolute atomic E-state index is 11.4. The lowest BCUT2D eigenvalue weighted by molar-refractivity contribution is -0.147. The standard InChI is InChI=1S/C12H13NO4/c1-9(12(15)17-8-13)11(14)16-7-10-5-3-2-4-6-10/h2-6H,1,7-8,13H2. The maximum atomic E-state index is 11.4. The number of hydrogen-bond donors (Lipinski definition) is 1. The number of nitrogens with two attached hydrogens (primary N) is 1. The van der Waals surface area contributed by atoms with Crippen molar-refractivity contribution in [1.29, 1.82) is 0 Å². The molecule has 90 valence electrons. The summed E-state index contributed by atoms with van der Waals surface area (Å²) in [5.41, 5.74) is 5.45. The van der Waals surface area contributed by atoms with E-state index in [2.05, 4.69) is 11.3 Å². The van der Waals surface area contributed by atoms with Crippen molar-refractivity contribution in [3.05, 3.63) is 48.0 Å². The van der Waals surface area contributed by atoms with Gasteiger partial charge in [-0.15, -0.1) is 0 Å². The van der Waals surface area contributed by atoms with Gasteiger partial charge in [-0.1, -0.05) is 36.9 Å². The Balaban J connectivity index is 2.45. The highest BCUT2D eigenvalue weighted by atomic mass is 16.6. The predicted octanol–water partition coefficient (Wildman–Crippen LogP) is 0.745. The fraction of sp³-hybridized carbons (Fsp3) is 0.167. The number of ether oxygens (including phenoxy) is 2. The Morgan fingerprint density at radius 3 is 2.29 bits per heavy atom. The second-order valence-electron chi connectivity index (χ2n) is 3.14. The van der Waals surface area contributed by atoms with Gasteiger partial charge in [-0.25, -0.2) is 9.59 Å². The molecule has 0 aliphatic rings. The van der Waals surface area contributed by atoms with Gasteiger partial charge in [-0.3, -0.25) is 5.73 Å². The van der Waals surface area contributed by atoms with Gasteiger partial charge < -0.3 is 9.47 Å². The van der Waals surface area contributed by atoms with Crippen LogP contribution in [0.25, 0.3) is 0 Å². The number of carbonyl (C=O) groups excluding carboxylic acids is 2. The average molecular weight is 235 g/mol. The third-order valence-corrected chi connectivity index (χ3v) is 1.92. The molecule has 0 bridgehead atoms. The van der Waals surface area contributed by atoms with Gasteiger partial charge in [-0.05, 0) is 5.56 Å². The molecule has 0 heterocycles. The minimum absolute atomic E-state index is 0.0780. The topological polar surface area (TPSA) is 78.6 Å². The molecule has 0 saturated heterocycles. The third kappa shape index (κ3) is 4.08. The zero-order valence-corrected chi connectivity index (χ0v) is 9.22. The molecule has 0 radical (unpaired) electrons. The molecule has 17 heavy (non-hydrogen) atoms. The Kier molecular flexibility index (Phi) is 4.90. The number of hydrogen-bond acceptors (Lipinski definition) is 5. The summed E-state index contributed by atoms with van der Waals surface area (Å²) in [7, 11) is 0. The number of carbonyl (C=O) groups is 2. The lowest BCUT2D eigenvalue weighted by Gasteiger charge is -2.06. The van der Waals surface area contributed by atoms with Gasteiger partial charge in [0.25, 0.3) is 0 Å². The smallest absolute Gasteiger partial charge is 0.346 e. The predicted molar refractivity (Wildman–Crippen MR) is 60.5 cm³/mol. The number of esters is 2. The summed E-state index contributed by atoms with van der Waals surface area (Å²) in [5, 5.41) is 0. The number of benzene rings is 1. The zero-order valence-electron chi connectivity index (χ0n) is 9.22. The van der Waals surface area contributed by atoms with Crippen LogP contribution in [-0.2, 0) is 25.7 Å². The lowest BCUT2D eigenvalue weighted by Crippen LogP contribution is -2.20. The van der Waals surface area contributed by atoms with Crippen molar-refractivity contribution in [3.63, 3.8) is 0 Å². The molecule has 0 saturated carbocycles. The highest BCUT2D eigenvalue weighted by molar-refractivity contribution is 6.13. The molecule has 0 fully saturated rings. The van der Waals surface area contributed by atoms with Crippen LogP contribution in [0.1, 0.15) is 5.56 Å². The van der Waals surface area contributed by atoms with Crippen LogP contribution in [0, 0.1) is 0 Å². The second-order valence-corrected chi connectivity index (χ2v) is 3.14. The molecule has 0 atom stereocenters. The van der Waals surface area contributed by atoms with Gasteiger partial charge in [0.15, 0.2) is 0 Å². The molecule has 0 aromatic heterocycles. The Bertz CT molecular complexity index is 414. The van der Waals surface area contributed by atoms with Gasteiger partial charge in [0.2, 0.25) is 0 Å². The molecular formula is C12H13NO4. The summed E-state index contributed by atoms with van der Waals surface area (Å²) in [5.74, 6) is -1.68. The molecule has 0 aliphatic heterocycles. The van der Waals surface area contributed by atoms with Crippen molar-refractivity contribution in [3.8, 4) is 0 Å². The normalized spacial score (nSPS) is 9.47. The summed E-state index contributed by atoms with van der Waals surface area (Å²) >= 11 is 0. The van der Waals surface area contributed by atoms with Crippen LogP contribution in [0.4, 0.5) is 0 Å². The zero-order chi connectivity index (χ0) is 12.7. The molecule has 2 N–H and O–H groups in total. The van der Waals surface area contributed by atoms with Crippen molar-refractivity contribution in [2.24, 2.45) is 5.73 Å². The van der Waals surface area contributed by atoms with Gasteiger partial charge >= 0.3 is 11.9 Å². The van der Waals surface area contributed by atoms with Crippen LogP contribution in [-0.4, -0.2) is 18.7 Å². The van der Waals surface area contributed by atoms with Crippen LogP contribution in [0.5, 0.6) is 0 Å². The van der Waals surface area contributed by atoms with E-state index in [4.69, 9.17) is 10.5 Å². The molecule has 0 amide bonds. The van der Waals surface area contributed by atoms with Crippen molar-refractivity contribution < 1.29 is 19.1 Å². The monoisotopic (exact) mass is 235 g/mol.